The summed E-state index contributed by atoms with van der Waals surface area (Å²) >= 11 is 5.94. The average molecular weight is 301 g/mol. The van der Waals surface area contributed by atoms with Gasteiger partial charge in [-0.2, -0.15) is 0 Å². The molecule has 1 heterocycles. The first-order valence-electron chi connectivity index (χ1n) is 8.08. The van der Waals surface area contributed by atoms with Gasteiger partial charge in [0.2, 0.25) is 0 Å². The summed E-state index contributed by atoms with van der Waals surface area (Å²) < 4.78 is 0. The Morgan fingerprint density at radius 2 is 1.52 bits per heavy atom. The molecule has 1 spiro atoms. The van der Waals surface area contributed by atoms with Crippen molar-refractivity contribution < 1.29 is 0 Å². The smallest absolute Gasteiger partial charge is 0.0880 e. The van der Waals surface area contributed by atoms with Gasteiger partial charge in [0, 0.05) is 7.05 Å². The molecule has 3 rings (SSSR count). The lowest BCUT2D eigenvalue weighted by Gasteiger charge is -2.72. The van der Waals surface area contributed by atoms with Crippen LogP contribution in [0.4, 0.5) is 0 Å². The molecule has 2 fully saturated rings. The fourth-order valence-corrected chi connectivity index (χ4v) is 6.22. The van der Waals surface area contributed by atoms with Crippen LogP contribution in [0.2, 0.25) is 0 Å². The zero-order valence-corrected chi connectivity index (χ0v) is 14.8. The predicted molar refractivity (Wildman–Crippen MR) is 93.4 cm³/mol. The number of benzene rings is 1. The van der Waals surface area contributed by atoms with E-state index in [1.807, 2.05) is 0 Å². The molecule has 0 aromatic heterocycles. The largest absolute Gasteiger partial charge is 0.361 e. The van der Waals surface area contributed by atoms with Gasteiger partial charge in [-0.1, -0.05) is 76.7 Å². The highest BCUT2D eigenvalue weighted by molar-refractivity contribution is 7.80. The molecule has 2 heteroatoms. The molecule has 2 aliphatic rings. The summed E-state index contributed by atoms with van der Waals surface area (Å²) in [6.07, 6.45) is 3.86. The third kappa shape index (κ3) is 1.72. The molecule has 114 valence electrons. The van der Waals surface area contributed by atoms with Crippen molar-refractivity contribution in [2.24, 2.45) is 16.2 Å². The number of likely N-dealkylation sites (tertiary alicyclic amines) is 1. The fraction of sp³-hybridized carbons (Fsp3) is 0.632. The Balaban J connectivity index is 2.18. The Morgan fingerprint density at radius 3 is 2.05 bits per heavy atom. The van der Waals surface area contributed by atoms with Gasteiger partial charge < -0.3 is 4.90 Å². The minimum Gasteiger partial charge on any atom is -0.361 e. The highest BCUT2D eigenvalue weighted by atomic mass is 32.1. The van der Waals surface area contributed by atoms with Crippen molar-refractivity contribution in [2.75, 3.05) is 7.05 Å². The zero-order valence-electron chi connectivity index (χ0n) is 13.9. The zero-order chi connectivity index (χ0) is 15.5. The topological polar surface area (TPSA) is 3.24 Å². The van der Waals surface area contributed by atoms with E-state index in [9.17, 15) is 0 Å². The lowest BCUT2D eigenvalue weighted by atomic mass is 9.40. The number of hydrogen-bond acceptors (Lipinski definition) is 1. The second-order valence-electron chi connectivity index (χ2n) is 8.16. The first kappa shape index (κ1) is 15.0. The van der Waals surface area contributed by atoms with Crippen molar-refractivity contribution in [3.63, 3.8) is 0 Å². The molecule has 1 saturated carbocycles. The quantitative estimate of drug-likeness (QED) is 0.654. The van der Waals surface area contributed by atoms with E-state index in [1.54, 1.807) is 0 Å². The van der Waals surface area contributed by atoms with E-state index in [2.05, 4.69) is 70.0 Å². The highest BCUT2D eigenvalue weighted by Crippen LogP contribution is 2.72. The van der Waals surface area contributed by atoms with Crippen molar-refractivity contribution >= 4 is 17.2 Å². The van der Waals surface area contributed by atoms with Crippen LogP contribution >= 0.6 is 12.2 Å². The van der Waals surface area contributed by atoms with E-state index in [4.69, 9.17) is 12.2 Å². The fourth-order valence-electron chi connectivity index (χ4n) is 5.45. The molecular formula is C19H27NS. The standard InChI is InChI=1S/C19H27NS/c1-17(2)12-9-13-18(3,4)19(17)15(20(5)16(19)21)14-10-7-6-8-11-14/h6-8,10-11,15H,9,12-13H2,1-5H3. The first-order chi connectivity index (χ1) is 9.76. The van der Waals surface area contributed by atoms with Crippen molar-refractivity contribution in [2.45, 2.75) is 53.0 Å². The second-order valence-corrected chi connectivity index (χ2v) is 8.55. The highest BCUT2D eigenvalue weighted by Gasteiger charge is 2.70. The van der Waals surface area contributed by atoms with Crippen LogP contribution in [-0.2, 0) is 0 Å². The van der Waals surface area contributed by atoms with E-state index in [0.717, 1.165) is 0 Å². The van der Waals surface area contributed by atoms with E-state index in [1.165, 1.54) is 29.8 Å². The van der Waals surface area contributed by atoms with E-state index >= 15 is 0 Å². The summed E-state index contributed by atoms with van der Waals surface area (Å²) in [5.74, 6) is 0. The third-order valence-electron chi connectivity index (χ3n) is 6.31. The predicted octanol–water partition coefficient (Wildman–Crippen LogP) is 5.22. The van der Waals surface area contributed by atoms with Gasteiger partial charge >= 0.3 is 0 Å². The van der Waals surface area contributed by atoms with Crippen LogP contribution in [0.15, 0.2) is 30.3 Å². The minimum atomic E-state index is 0.101. The van der Waals surface area contributed by atoms with Crippen LogP contribution in [-0.4, -0.2) is 16.9 Å². The van der Waals surface area contributed by atoms with Crippen LogP contribution in [0, 0.1) is 16.2 Å². The summed E-state index contributed by atoms with van der Waals surface area (Å²) in [5, 5.41) is 0. The second kappa shape index (κ2) is 4.55. The van der Waals surface area contributed by atoms with Crippen LogP contribution < -0.4 is 0 Å². The monoisotopic (exact) mass is 301 g/mol. The molecule has 0 radical (unpaired) electrons. The summed E-state index contributed by atoms with van der Waals surface area (Å²) in [6.45, 7) is 9.73. The van der Waals surface area contributed by atoms with E-state index < -0.39 is 0 Å². The van der Waals surface area contributed by atoms with Gasteiger partial charge in [-0.3, -0.25) is 0 Å². The van der Waals surface area contributed by atoms with E-state index in [-0.39, 0.29) is 16.2 Å². The molecule has 1 nitrogen and oxygen atoms in total. The van der Waals surface area contributed by atoms with E-state index in [0.29, 0.717) is 6.04 Å². The SMILES string of the molecule is CN1C(=S)C2(C1c1ccccc1)C(C)(C)CCCC2(C)C. The van der Waals surface area contributed by atoms with Gasteiger partial charge in [-0.15, -0.1) is 0 Å². The Bertz CT molecular complexity index is 542. The van der Waals surface area contributed by atoms with Gasteiger partial charge in [-0.25, -0.2) is 0 Å². The van der Waals surface area contributed by atoms with Gasteiger partial charge in [0.1, 0.15) is 0 Å². The van der Waals surface area contributed by atoms with Crippen molar-refractivity contribution in [3.05, 3.63) is 35.9 Å². The average Bonchev–Trinajstić information content (AvgIpc) is 2.42. The van der Waals surface area contributed by atoms with Crippen molar-refractivity contribution in [3.8, 4) is 0 Å². The van der Waals surface area contributed by atoms with Gasteiger partial charge in [-0.05, 0) is 29.2 Å². The first-order valence-corrected chi connectivity index (χ1v) is 8.49. The Kier molecular flexibility index (Phi) is 3.26. The molecular weight excluding hydrogens is 274 g/mol. The van der Waals surface area contributed by atoms with Crippen molar-refractivity contribution in [1.29, 1.82) is 0 Å². The number of thiocarbonyl (C=S) groups is 1. The maximum absolute atomic E-state index is 5.94. The van der Waals surface area contributed by atoms with Gasteiger partial charge in [0.25, 0.3) is 0 Å². The molecule has 1 aromatic rings. The molecule has 0 N–H and O–H groups in total. The van der Waals surface area contributed by atoms with Crippen LogP contribution in [0.5, 0.6) is 0 Å². The molecule has 0 amide bonds. The van der Waals surface area contributed by atoms with Crippen LogP contribution in [0.1, 0.15) is 58.6 Å². The number of nitrogens with zero attached hydrogens (tertiary/aromatic N) is 1. The van der Waals surface area contributed by atoms with Gasteiger partial charge in [0.15, 0.2) is 0 Å². The summed E-state index contributed by atoms with van der Waals surface area (Å²) in [6, 6.07) is 11.4. The summed E-state index contributed by atoms with van der Waals surface area (Å²) in [4.78, 5) is 3.51. The molecule has 21 heavy (non-hydrogen) atoms. The maximum atomic E-state index is 5.94. The molecule has 1 aromatic carbocycles. The molecule has 0 bridgehead atoms. The van der Waals surface area contributed by atoms with Crippen LogP contribution in [0.25, 0.3) is 0 Å². The molecule has 1 atom stereocenters. The summed E-state index contributed by atoms with van der Waals surface area (Å²) in [5.41, 5.74) is 2.01. The minimum absolute atomic E-state index is 0.101. The molecule has 1 aliphatic heterocycles. The summed E-state index contributed by atoms with van der Waals surface area (Å²) in [7, 11) is 2.17. The Labute approximate surface area is 134 Å². The maximum Gasteiger partial charge on any atom is 0.0880 e. The number of rotatable bonds is 1. The third-order valence-corrected chi connectivity index (χ3v) is 6.92. The molecule has 1 saturated heterocycles. The molecule has 1 unspecified atom stereocenters. The Hall–Kier alpha value is -0.890. The lowest BCUT2D eigenvalue weighted by molar-refractivity contribution is -0.128. The Morgan fingerprint density at radius 1 is 1.00 bits per heavy atom. The normalized spacial score (nSPS) is 29.3. The van der Waals surface area contributed by atoms with Crippen LogP contribution in [0.3, 0.4) is 0 Å². The lowest BCUT2D eigenvalue weighted by Crippen LogP contribution is -2.73. The van der Waals surface area contributed by atoms with Crippen molar-refractivity contribution in [1.82, 2.24) is 4.90 Å². The van der Waals surface area contributed by atoms with Gasteiger partial charge in [0.05, 0.1) is 16.4 Å². The number of hydrogen-bond donors (Lipinski definition) is 0. The molecule has 1 aliphatic carbocycles.